The second-order valence-corrected chi connectivity index (χ2v) is 4.37. The van der Waals surface area contributed by atoms with Gasteiger partial charge in [0.2, 0.25) is 0 Å². The third-order valence-electron chi connectivity index (χ3n) is 1.03. The van der Waals surface area contributed by atoms with Crippen molar-refractivity contribution in [3.8, 4) is 0 Å². The van der Waals surface area contributed by atoms with Gasteiger partial charge in [0.05, 0.1) is 3.79 Å². The van der Waals surface area contributed by atoms with E-state index in [0.717, 1.165) is 14.4 Å². The molecule has 0 aromatic carbocycles. The second-order valence-electron chi connectivity index (χ2n) is 2.07. The highest BCUT2D eigenvalue weighted by Crippen LogP contribution is 2.20. The van der Waals surface area contributed by atoms with Crippen LogP contribution >= 0.6 is 27.3 Å². The third kappa shape index (κ3) is 2.38. The molecule has 56 valence electrons. The lowest BCUT2D eigenvalue weighted by molar-refractivity contribution is -0.0730. The van der Waals surface area contributed by atoms with E-state index in [1.165, 1.54) is 0 Å². The van der Waals surface area contributed by atoms with Gasteiger partial charge in [-0.15, -0.1) is 11.3 Å². The lowest BCUT2D eigenvalue weighted by Crippen LogP contribution is -2.10. The smallest absolute Gasteiger partial charge is 0.0701 e. The monoisotopic (exact) mass is 221 g/mol. The predicted octanol–water partition coefficient (Wildman–Crippen LogP) is 2.33. The average molecular weight is 222 g/mol. The van der Waals surface area contributed by atoms with E-state index in [2.05, 4.69) is 15.9 Å². The minimum Gasteiger partial charge on any atom is -0.314 e. The molecule has 1 heterocycles. The molecule has 0 saturated heterocycles. The second kappa shape index (κ2) is 3.48. The van der Waals surface area contributed by atoms with E-state index in [9.17, 15) is 0 Å². The van der Waals surface area contributed by atoms with Gasteiger partial charge in [-0.2, -0.15) is 5.06 Å². The summed E-state index contributed by atoms with van der Waals surface area (Å²) in [6.07, 6.45) is 0. The maximum atomic E-state index is 8.84. The molecule has 1 rings (SSSR count). The molecule has 0 atom stereocenters. The van der Waals surface area contributed by atoms with Crippen LogP contribution in [0.25, 0.3) is 0 Å². The van der Waals surface area contributed by atoms with Crippen LogP contribution in [0.15, 0.2) is 15.2 Å². The first kappa shape index (κ1) is 8.20. The molecule has 10 heavy (non-hydrogen) atoms. The molecule has 0 bridgehead atoms. The average Bonchev–Trinajstić information content (AvgIpc) is 2.13. The first-order valence-corrected chi connectivity index (χ1v) is 4.48. The molecule has 1 N–H and O–H groups in total. The Balaban J connectivity index is 2.58. The van der Waals surface area contributed by atoms with E-state index in [1.54, 1.807) is 18.4 Å². The van der Waals surface area contributed by atoms with E-state index in [0.29, 0.717) is 6.54 Å². The molecule has 0 fully saturated rings. The Labute approximate surface area is 72.2 Å². The van der Waals surface area contributed by atoms with Gasteiger partial charge in [0, 0.05) is 13.6 Å². The summed E-state index contributed by atoms with van der Waals surface area (Å²) in [5.41, 5.74) is 1.13. The molecule has 0 aliphatic carbocycles. The molecule has 0 saturated carbocycles. The largest absolute Gasteiger partial charge is 0.314 e. The maximum absolute atomic E-state index is 8.84. The van der Waals surface area contributed by atoms with Crippen LogP contribution in [0.5, 0.6) is 0 Å². The molecule has 0 aliphatic rings. The number of nitrogens with zero attached hydrogens (tertiary/aromatic N) is 1. The molecule has 0 amide bonds. The van der Waals surface area contributed by atoms with Crippen LogP contribution in [0.2, 0.25) is 0 Å². The zero-order valence-corrected chi connectivity index (χ0v) is 7.94. The van der Waals surface area contributed by atoms with Crippen molar-refractivity contribution in [2.75, 3.05) is 7.05 Å². The number of rotatable bonds is 2. The van der Waals surface area contributed by atoms with Crippen LogP contribution in [0, 0.1) is 0 Å². The summed E-state index contributed by atoms with van der Waals surface area (Å²) in [5, 5.41) is 12.0. The van der Waals surface area contributed by atoms with E-state index < -0.39 is 0 Å². The zero-order chi connectivity index (χ0) is 7.56. The van der Waals surface area contributed by atoms with Crippen molar-refractivity contribution in [1.82, 2.24) is 5.06 Å². The molecule has 0 spiro atoms. The van der Waals surface area contributed by atoms with Crippen LogP contribution in [-0.2, 0) is 6.54 Å². The molecule has 4 heteroatoms. The molecule has 2 nitrogen and oxygen atoms in total. The van der Waals surface area contributed by atoms with E-state index in [4.69, 9.17) is 5.21 Å². The predicted molar refractivity (Wildman–Crippen MR) is 45.3 cm³/mol. The normalized spacial score (nSPS) is 10.8. The Morgan fingerprint density at radius 1 is 1.80 bits per heavy atom. The maximum Gasteiger partial charge on any atom is 0.0701 e. The molecular weight excluding hydrogens is 214 g/mol. The van der Waals surface area contributed by atoms with Gasteiger partial charge in [-0.3, -0.25) is 0 Å². The van der Waals surface area contributed by atoms with Gasteiger partial charge in [-0.1, -0.05) is 0 Å². The van der Waals surface area contributed by atoms with Crippen molar-refractivity contribution >= 4 is 27.3 Å². The quantitative estimate of drug-likeness (QED) is 0.776. The van der Waals surface area contributed by atoms with Crippen molar-refractivity contribution < 1.29 is 5.21 Å². The van der Waals surface area contributed by atoms with Gasteiger partial charge in [-0.25, -0.2) is 0 Å². The SMILES string of the molecule is CN(O)Cc1csc(Br)c1. The van der Waals surface area contributed by atoms with Gasteiger partial charge >= 0.3 is 0 Å². The van der Waals surface area contributed by atoms with Gasteiger partial charge in [0.25, 0.3) is 0 Å². The first-order valence-electron chi connectivity index (χ1n) is 2.81. The van der Waals surface area contributed by atoms with Crippen molar-refractivity contribution in [3.63, 3.8) is 0 Å². The highest BCUT2D eigenvalue weighted by Gasteiger charge is 1.98. The van der Waals surface area contributed by atoms with E-state index in [1.807, 2.05) is 11.4 Å². The number of halogens is 1. The van der Waals surface area contributed by atoms with E-state index >= 15 is 0 Å². The van der Waals surface area contributed by atoms with Crippen molar-refractivity contribution in [3.05, 3.63) is 20.8 Å². The lowest BCUT2D eigenvalue weighted by atomic mass is 10.3. The van der Waals surface area contributed by atoms with Gasteiger partial charge in [0.15, 0.2) is 0 Å². The van der Waals surface area contributed by atoms with Gasteiger partial charge < -0.3 is 5.21 Å². The molecular formula is C6H8BrNOS. The summed E-state index contributed by atoms with van der Waals surface area (Å²) in [6, 6.07) is 2.00. The Morgan fingerprint density at radius 3 is 2.90 bits per heavy atom. The van der Waals surface area contributed by atoms with Crippen LogP contribution in [0.1, 0.15) is 5.56 Å². The topological polar surface area (TPSA) is 23.5 Å². The fourth-order valence-corrected chi connectivity index (χ4v) is 1.89. The van der Waals surface area contributed by atoms with Crippen LogP contribution in [0.4, 0.5) is 0 Å². The summed E-state index contributed by atoms with van der Waals surface area (Å²) < 4.78 is 1.10. The Hall–Kier alpha value is 0.100. The van der Waals surface area contributed by atoms with Crippen molar-refractivity contribution in [2.24, 2.45) is 0 Å². The molecule has 0 aliphatic heterocycles. The van der Waals surface area contributed by atoms with Crippen LogP contribution in [0.3, 0.4) is 0 Å². The Kier molecular flexibility index (Phi) is 2.85. The molecule has 0 radical (unpaired) electrons. The molecule has 1 aromatic rings. The van der Waals surface area contributed by atoms with E-state index in [-0.39, 0.29) is 0 Å². The summed E-state index contributed by atoms with van der Waals surface area (Å²) in [6.45, 7) is 0.585. The van der Waals surface area contributed by atoms with Crippen LogP contribution in [-0.4, -0.2) is 17.3 Å². The van der Waals surface area contributed by atoms with Crippen molar-refractivity contribution in [2.45, 2.75) is 6.54 Å². The number of hydrogen-bond donors (Lipinski definition) is 1. The fraction of sp³-hybridized carbons (Fsp3) is 0.333. The minimum atomic E-state index is 0.585. The standard InChI is InChI=1S/C6H8BrNOS/c1-8(9)3-5-2-6(7)10-4-5/h2,4,9H,3H2,1H3. The van der Waals surface area contributed by atoms with Crippen LogP contribution < -0.4 is 0 Å². The fourth-order valence-electron chi connectivity index (χ4n) is 0.693. The highest BCUT2D eigenvalue weighted by atomic mass is 79.9. The summed E-state index contributed by atoms with van der Waals surface area (Å²) in [5.74, 6) is 0. The highest BCUT2D eigenvalue weighted by molar-refractivity contribution is 9.11. The zero-order valence-electron chi connectivity index (χ0n) is 5.54. The van der Waals surface area contributed by atoms with Gasteiger partial charge in [0.1, 0.15) is 0 Å². The van der Waals surface area contributed by atoms with Crippen molar-refractivity contribution in [1.29, 1.82) is 0 Å². The Morgan fingerprint density at radius 2 is 2.50 bits per heavy atom. The summed E-state index contributed by atoms with van der Waals surface area (Å²) in [7, 11) is 1.63. The number of thiophene rings is 1. The Bertz CT molecular complexity index is 211. The minimum absolute atomic E-state index is 0.585. The first-order chi connectivity index (χ1) is 4.68. The summed E-state index contributed by atoms with van der Waals surface area (Å²) in [4.78, 5) is 0. The molecule has 0 unspecified atom stereocenters. The molecule has 1 aromatic heterocycles. The third-order valence-corrected chi connectivity index (χ3v) is 2.59. The van der Waals surface area contributed by atoms with Gasteiger partial charge in [-0.05, 0) is 32.9 Å². The number of hydroxylamine groups is 2. The lowest BCUT2D eigenvalue weighted by Gasteiger charge is -2.03. The number of hydrogen-bond acceptors (Lipinski definition) is 3. The summed E-state index contributed by atoms with van der Waals surface area (Å²) >= 11 is 4.97.